The largest absolute Gasteiger partial charge is 0.480 e. The number of aliphatic carboxylic acids is 1. The molecule has 0 radical (unpaired) electrons. The van der Waals surface area contributed by atoms with Crippen LogP contribution < -0.4 is 11.1 Å². The van der Waals surface area contributed by atoms with E-state index in [1.165, 1.54) is 12.1 Å². The van der Waals surface area contributed by atoms with Crippen LogP contribution in [0.5, 0.6) is 0 Å². The molecule has 7 heteroatoms. The summed E-state index contributed by atoms with van der Waals surface area (Å²) in [6, 6.07) is 4.94. The maximum Gasteiger partial charge on any atom is 0.326 e. The van der Waals surface area contributed by atoms with Gasteiger partial charge < -0.3 is 16.2 Å². The molecule has 102 valence electrons. The Hall–Kier alpha value is -2.08. The van der Waals surface area contributed by atoms with E-state index < -0.39 is 23.8 Å². The van der Waals surface area contributed by atoms with E-state index in [-0.39, 0.29) is 18.4 Å². The van der Waals surface area contributed by atoms with Gasteiger partial charge in [-0.05, 0) is 24.6 Å². The molecule has 0 aliphatic heterocycles. The van der Waals surface area contributed by atoms with Crippen LogP contribution in [0.4, 0.5) is 0 Å². The van der Waals surface area contributed by atoms with Crippen LogP contribution in [0.1, 0.15) is 23.2 Å². The molecular formula is C12H13ClN2O4. The predicted molar refractivity (Wildman–Crippen MR) is 68.8 cm³/mol. The first kappa shape index (κ1) is 15.0. The number of nitrogens with two attached hydrogens (primary N) is 1. The fraction of sp³-hybridized carbons (Fsp3) is 0.250. The van der Waals surface area contributed by atoms with Gasteiger partial charge in [0.05, 0.1) is 0 Å². The van der Waals surface area contributed by atoms with Gasteiger partial charge in [0.1, 0.15) is 6.04 Å². The van der Waals surface area contributed by atoms with Crippen LogP contribution in [-0.2, 0) is 9.59 Å². The topological polar surface area (TPSA) is 109 Å². The highest BCUT2D eigenvalue weighted by Gasteiger charge is 2.21. The highest BCUT2D eigenvalue weighted by Crippen LogP contribution is 2.11. The SMILES string of the molecule is NC(=O)CCC(NC(=O)c1cccc(Cl)c1)C(=O)O. The minimum atomic E-state index is -1.23. The number of benzene rings is 1. The molecule has 0 aliphatic rings. The molecule has 1 aromatic carbocycles. The van der Waals surface area contributed by atoms with Crippen molar-refractivity contribution in [3.63, 3.8) is 0 Å². The van der Waals surface area contributed by atoms with E-state index in [0.29, 0.717) is 5.02 Å². The van der Waals surface area contributed by atoms with Crippen LogP contribution in [0.3, 0.4) is 0 Å². The Morgan fingerprint density at radius 1 is 1.37 bits per heavy atom. The Balaban J connectivity index is 2.71. The summed E-state index contributed by atoms with van der Waals surface area (Å²) in [7, 11) is 0. The summed E-state index contributed by atoms with van der Waals surface area (Å²) < 4.78 is 0. The maximum absolute atomic E-state index is 11.8. The molecule has 1 unspecified atom stereocenters. The predicted octanol–water partition coefficient (Wildman–Crippen LogP) is 0.788. The summed E-state index contributed by atoms with van der Waals surface area (Å²) in [5.74, 6) is -2.42. The smallest absolute Gasteiger partial charge is 0.326 e. The third kappa shape index (κ3) is 4.97. The summed E-state index contributed by atoms with van der Waals surface area (Å²) in [6.45, 7) is 0. The van der Waals surface area contributed by atoms with Gasteiger partial charge in [-0.15, -0.1) is 0 Å². The number of rotatable bonds is 6. The van der Waals surface area contributed by atoms with Crippen molar-refractivity contribution in [2.75, 3.05) is 0 Å². The number of hydrogen-bond acceptors (Lipinski definition) is 3. The Morgan fingerprint density at radius 2 is 2.05 bits per heavy atom. The molecule has 4 N–H and O–H groups in total. The first-order valence-electron chi connectivity index (χ1n) is 5.47. The second-order valence-electron chi connectivity index (χ2n) is 3.88. The second-order valence-corrected chi connectivity index (χ2v) is 4.32. The van der Waals surface area contributed by atoms with Gasteiger partial charge in [-0.1, -0.05) is 17.7 Å². The molecule has 1 atom stereocenters. The van der Waals surface area contributed by atoms with Gasteiger partial charge in [-0.3, -0.25) is 9.59 Å². The van der Waals surface area contributed by atoms with E-state index in [1.807, 2.05) is 0 Å². The number of primary amides is 1. The molecule has 0 bridgehead atoms. The molecule has 0 aromatic heterocycles. The second kappa shape index (κ2) is 6.75. The van der Waals surface area contributed by atoms with Crippen molar-refractivity contribution >= 4 is 29.4 Å². The number of carboxylic acid groups (broad SMARTS) is 1. The molecule has 1 aromatic rings. The Kier molecular flexibility index (Phi) is 5.32. The number of carbonyl (C=O) groups excluding carboxylic acids is 2. The van der Waals surface area contributed by atoms with Crippen LogP contribution in [0, 0.1) is 0 Å². The van der Waals surface area contributed by atoms with Crippen molar-refractivity contribution in [2.45, 2.75) is 18.9 Å². The lowest BCUT2D eigenvalue weighted by molar-refractivity contribution is -0.139. The summed E-state index contributed by atoms with van der Waals surface area (Å²) >= 11 is 5.73. The molecule has 19 heavy (non-hydrogen) atoms. The van der Waals surface area contributed by atoms with E-state index in [0.717, 1.165) is 0 Å². The number of halogens is 1. The number of carbonyl (C=O) groups is 3. The number of hydrogen-bond donors (Lipinski definition) is 3. The molecule has 2 amide bonds. The monoisotopic (exact) mass is 284 g/mol. The summed E-state index contributed by atoms with van der Waals surface area (Å²) in [6.07, 6.45) is -0.177. The first-order chi connectivity index (χ1) is 8.90. The van der Waals surface area contributed by atoms with Gasteiger partial charge in [0, 0.05) is 17.0 Å². The van der Waals surface area contributed by atoms with E-state index in [9.17, 15) is 14.4 Å². The van der Waals surface area contributed by atoms with Crippen molar-refractivity contribution in [1.29, 1.82) is 0 Å². The first-order valence-corrected chi connectivity index (χ1v) is 5.85. The third-order valence-corrected chi connectivity index (χ3v) is 2.60. The highest BCUT2D eigenvalue weighted by molar-refractivity contribution is 6.30. The zero-order valence-electron chi connectivity index (χ0n) is 9.93. The quantitative estimate of drug-likeness (QED) is 0.717. The lowest BCUT2D eigenvalue weighted by atomic mass is 10.1. The average molecular weight is 285 g/mol. The van der Waals surface area contributed by atoms with E-state index in [2.05, 4.69) is 5.32 Å². The molecule has 1 rings (SSSR count). The van der Waals surface area contributed by atoms with E-state index in [4.69, 9.17) is 22.4 Å². The minimum Gasteiger partial charge on any atom is -0.480 e. The zero-order valence-corrected chi connectivity index (χ0v) is 10.7. The van der Waals surface area contributed by atoms with Crippen molar-refractivity contribution < 1.29 is 19.5 Å². The third-order valence-electron chi connectivity index (χ3n) is 2.37. The molecule has 0 saturated carbocycles. The molecule has 6 nitrogen and oxygen atoms in total. The highest BCUT2D eigenvalue weighted by atomic mass is 35.5. The fourth-order valence-corrected chi connectivity index (χ4v) is 1.61. The van der Waals surface area contributed by atoms with Crippen molar-refractivity contribution in [3.05, 3.63) is 34.9 Å². The maximum atomic E-state index is 11.8. The van der Waals surface area contributed by atoms with Gasteiger partial charge >= 0.3 is 5.97 Å². The molecule has 0 fully saturated rings. The van der Waals surface area contributed by atoms with Gasteiger partial charge in [-0.2, -0.15) is 0 Å². The zero-order chi connectivity index (χ0) is 14.4. The van der Waals surface area contributed by atoms with Crippen LogP contribution >= 0.6 is 11.6 Å². The van der Waals surface area contributed by atoms with Crippen LogP contribution in [0.2, 0.25) is 5.02 Å². The molecule has 0 saturated heterocycles. The molecule has 0 heterocycles. The lowest BCUT2D eigenvalue weighted by Gasteiger charge is -2.13. The Morgan fingerprint density at radius 3 is 2.58 bits per heavy atom. The van der Waals surface area contributed by atoms with Crippen LogP contribution in [-0.4, -0.2) is 28.9 Å². The van der Waals surface area contributed by atoms with E-state index in [1.54, 1.807) is 12.1 Å². The van der Waals surface area contributed by atoms with Crippen molar-refractivity contribution in [1.82, 2.24) is 5.32 Å². The molecule has 0 spiro atoms. The van der Waals surface area contributed by atoms with Gasteiger partial charge in [0.15, 0.2) is 0 Å². The van der Waals surface area contributed by atoms with Gasteiger partial charge in [0.2, 0.25) is 5.91 Å². The average Bonchev–Trinajstić information content (AvgIpc) is 2.33. The standard InChI is InChI=1S/C12H13ClN2O4/c13-8-3-1-2-7(6-8)11(17)15-9(12(18)19)4-5-10(14)16/h1-3,6,9H,4-5H2,(H2,14,16)(H,15,17)(H,18,19). The van der Waals surface area contributed by atoms with Crippen LogP contribution in [0.25, 0.3) is 0 Å². The summed E-state index contributed by atoms with van der Waals surface area (Å²) in [5, 5.41) is 11.6. The van der Waals surface area contributed by atoms with Gasteiger partial charge in [0.25, 0.3) is 5.91 Å². The number of nitrogens with one attached hydrogen (secondary N) is 1. The minimum absolute atomic E-state index is 0.0586. The van der Waals surface area contributed by atoms with E-state index >= 15 is 0 Å². The van der Waals surface area contributed by atoms with Crippen molar-refractivity contribution in [2.24, 2.45) is 5.73 Å². The summed E-state index contributed by atoms with van der Waals surface area (Å²) in [5.41, 5.74) is 5.19. The Labute approximate surface area is 114 Å². The normalized spacial score (nSPS) is 11.6. The van der Waals surface area contributed by atoms with Gasteiger partial charge in [-0.25, -0.2) is 4.79 Å². The number of carboxylic acids is 1. The van der Waals surface area contributed by atoms with Crippen LogP contribution in [0.15, 0.2) is 24.3 Å². The fourth-order valence-electron chi connectivity index (χ4n) is 1.42. The lowest BCUT2D eigenvalue weighted by Crippen LogP contribution is -2.41. The Bertz CT molecular complexity index is 504. The van der Waals surface area contributed by atoms with Crippen molar-refractivity contribution in [3.8, 4) is 0 Å². The summed E-state index contributed by atoms with van der Waals surface area (Å²) in [4.78, 5) is 33.4. The molecular weight excluding hydrogens is 272 g/mol. The number of amides is 2. The molecule has 0 aliphatic carbocycles.